The van der Waals surface area contributed by atoms with Gasteiger partial charge in [0, 0.05) is 13.1 Å². The second kappa shape index (κ2) is 11.7. The highest BCUT2D eigenvalue weighted by atomic mass is 32.2. The first-order valence-electron chi connectivity index (χ1n) is 10.8. The molecule has 0 aliphatic heterocycles. The third-order valence-electron chi connectivity index (χ3n) is 5.26. The van der Waals surface area contributed by atoms with E-state index in [1.54, 1.807) is 32.0 Å². The van der Waals surface area contributed by atoms with Gasteiger partial charge in [-0.05, 0) is 37.5 Å². The smallest absolute Gasteiger partial charge is 0.244 e. The van der Waals surface area contributed by atoms with Crippen molar-refractivity contribution in [2.24, 2.45) is 0 Å². The van der Waals surface area contributed by atoms with Crippen LogP contribution in [0.2, 0.25) is 0 Å². The fourth-order valence-electron chi connectivity index (χ4n) is 3.34. The van der Waals surface area contributed by atoms with E-state index in [2.05, 4.69) is 5.32 Å². The van der Waals surface area contributed by atoms with Crippen LogP contribution in [-0.2, 0) is 26.2 Å². The van der Waals surface area contributed by atoms with Crippen LogP contribution in [0, 0.1) is 6.92 Å². The van der Waals surface area contributed by atoms with E-state index >= 15 is 0 Å². The molecular weight excluding hydrogens is 426 g/mol. The van der Waals surface area contributed by atoms with E-state index in [9.17, 15) is 18.0 Å². The van der Waals surface area contributed by atoms with E-state index in [4.69, 9.17) is 0 Å². The molecule has 0 aromatic heterocycles. The number of carbonyl (C=O) groups is 2. The number of amides is 2. The highest BCUT2D eigenvalue weighted by molar-refractivity contribution is 7.92. The van der Waals surface area contributed by atoms with Gasteiger partial charge in [0.2, 0.25) is 21.8 Å². The van der Waals surface area contributed by atoms with Gasteiger partial charge < -0.3 is 10.2 Å². The number of anilines is 1. The molecule has 2 aromatic rings. The van der Waals surface area contributed by atoms with Crippen molar-refractivity contribution in [2.45, 2.75) is 46.2 Å². The van der Waals surface area contributed by atoms with E-state index < -0.39 is 22.0 Å². The summed E-state index contributed by atoms with van der Waals surface area (Å²) in [6.07, 6.45) is 2.87. The summed E-state index contributed by atoms with van der Waals surface area (Å²) < 4.78 is 26.2. The maximum absolute atomic E-state index is 13.4. The Labute approximate surface area is 191 Å². The van der Waals surface area contributed by atoms with Crippen LogP contribution in [-0.4, -0.2) is 50.5 Å². The molecular formula is C24H33N3O4S. The standard InChI is InChI=1S/C24H33N3O4S/c1-5-6-16-25-24(29)20(3)26(17-21-13-8-7-9-14-21)23(28)18-27(32(4,30)31)22-15-11-10-12-19(22)2/h7-15,20H,5-6,16-18H2,1-4H3,(H,25,29)/t20-/m0/s1. The molecule has 32 heavy (non-hydrogen) atoms. The van der Waals surface area contributed by atoms with E-state index in [0.717, 1.165) is 34.5 Å². The van der Waals surface area contributed by atoms with Crippen molar-refractivity contribution in [2.75, 3.05) is 23.7 Å². The van der Waals surface area contributed by atoms with Gasteiger partial charge >= 0.3 is 0 Å². The maximum atomic E-state index is 13.4. The molecule has 0 spiro atoms. The number of aryl methyl sites for hydroxylation is 1. The van der Waals surface area contributed by atoms with Crippen LogP contribution in [0.4, 0.5) is 5.69 Å². The number of hydrogen-bond acceptors (Lipinski definition) is 4. The molecule has 0 heterocycles. The molecule has 0 bridgehead atoms. The summed E-state index contributed by atoms with van der Waals surface area (Å²) in [4.78, 5) is 27.6. The molecule has 0 unspecified atom stereocenters. The van der Waals surface area contributed by atoms with Crippen molar-refractivity contribution >= 4 is 27.5 Å². The molecule has 2 amide bonds. The minimum Gasteiger partial charge on any atom is -0.354 e. The molecule has 0 aliphatic carbocycles. The van der Waals surface area contributed by atoms with Crippen molar-refractivity contribution < 1.29 is 18.0 Å². The lowest BCUT2D eigenvalue weighted by Gasteiger charge is -2.32. The number of hydrogen-bond donors (Lipinski definition) is 1. The van der Waals surface area contributed by atoms with Crippen LogP contribution in [0.1, 0.15) is 37.8 Å². The predicted octanol–water partition coefficient (Wildman–Crippen LogP) is 3.09. The second-order valence-corrected chi connectivity index (χ2v) is 9.79. The number of carbonyl (C=O) groups excluding carboxylic acids is 2. The molecule has 0 saturated carbocycles. The van der Waals surface area contributed by atoms with Gasteiger partial charge in [0.15, 0.2) is 0 Å². The lowest BCUT2D eigenvalue weighted by molar-refractivity contribution is -0.139. The number of para-hydroxylation sites is 1. The second-order valence-electron chi connectivity index (χ2n) is 7.88. The number of sulfonamides is 1. The molecule has 1 atom stereocenters. The third kappa shape index (κ3) is 7.09. The zero-order valence-electron chi connectivity index (χ0n) is 19.2. The first-order chi connectivity index (χ1) is 15.1. The highest BCUT2D eigenvalue weighted by Crippen LogP contribution is 2.22. The van der Waals surface area contributed by atoms with Crippen LogP contribution in [0.25, 0.3) is 0 Å². The van der Waals surface area contributed by atoms with Crippen molar-refractivity contribution in [3.05, 3.63) is 65.7 Å². The first-order valence-corrected chi connectivity index (χ1v) is 12.6. The average Bonchev–Trinajstić information content (AvgIpc) is 2.76. The SMILES string of the molecule is CCCCNC(=O)[C@H](C)N(Cc1ccccc1)C(=O)CN(c1ccccc1C)S(C)(=O)=O. The Morgan fingerprint density at radius 2 is 1.66 bits per heavy atom. The Morgan fingerprint density at radius 3 is 2.25 bits per heavy atom. The molecule has 2 rings (SSSR count). The Kier molecular flexibility index (Phi) is 9.26. The van der Waals surface area contributed by atoms with E-state index in [0.29, 0.717) is 12.2 Å². The average molecular weight is 460 g/mol. The van der Waals surface area contributed by atoms with Gasteiger partial charge in [0.05, 0.1) is 11.9 Å². The summed E-state index contributed by atoms with van der Waals surface area (Å²) in [6.45, 7) is 5.85. The third-order valence-corrected chi connectivity index (χ3v) is 6.38. The summed E-state index contributed by atoms with van der Waals surface area (Å²) in [5, 5.41) is 2.86. The van der Waals surface area contributed by atoms with Crippen LogP contribution >= 0.6 is 0 Å². The molecule has 7 nitrogen and oxygen atoms in total. The minimum absolute atomic E-state index is 0.202. The summed E-state index contributed by atoms with van der Waals surface area (Å²) in [6, 6.07) is 15.6. The van der Waals surface area contributed by atoms with Gasteiger partial charge in [0.25, 0.3) is 0 Å². The lowest BCUT2D eigenvalue weighted by atomic mass is 10.1. The quantitative estimate of drug-likeness (QED) is 0.523. The Morgan fingerprint density at radius 1 is 1.03 bits per heavy atom. The lowest BCUT2D eigenvalue weighted by Crippen LogP contribution is -2.51. The molecule has 174 valence electrons. The van der Waals surface area contributed by atoms with Gasteiger partial charge in [-0.15, -0.1) is 0 Å². The van der Waals surface area contributed by atoms with E-state index in [1.165, 1.54) is 4.90 Å². The van der Waals surface area contributed by atoms with Crippen LogP contribution in [0.3, 0.4) is 0 Å². The van der Waals surface area contributed by atoms with Gasteiger partial charge in [0.1, 0.15) is 12.6 Å². The van der Waals surface area contributed by atoms with Gasteiger partial charge in [-0.2, -0.15) is 0 Å². The van der Waals surface area contributed by atoms with Crippen molar-refractivity contribution in [3.63, 3.8) is 0 Å². The van der Waals surface area contributed by atoms with Gasteiger partial charge in [-0.25, -0.2) is 8.42 Å². The number of benzene rings is 2. The molecule has 0 saturated heterocycles. The summed E-state index contributed by atoms with van der Waals surface area (Å²) in [5.41, 5.74) is 2.05. The summed E-state index contributed by atoms with van der Waals surface area (Å²) >= 11 is 0. The number of nitrogens with one attached hydrogen (secondary N) is 1. The Hall–Kier alpha value is -2.87. The van der Waals surface area contributed by atoms with Crippen molar-refractivity contribution in [3.8, 4) is 0 Å². The normalized spacial score (nSPS) is 12.1. The zero-order chi connectivity index (χ0) is 23.7. The monoisotopic (exact) mass is 459 g/mol. The Bertz CT molecular complexity index is 1010. The molecule has 0 aliphatic rings. The largest absolute Gasteiger partial charge is 0.354 e. The molecule has 8 heteroatoms. The number of nitrogens with zero attached hydrogens (tertiary/aromatic N) is 2. The fourth-order valence-corrected chi connectivity index (χ4v) is 4.24. The van der Waals surface area contributed by atoms with Crippen LogP contribution in [0.5, 0.6) is 0 Å². The maximum Gasteiger partial charge on any atom is 0.244 e. The zero-order valence-corrected chi connectivity index (χ0v) is 20.1. The first kappa shape index (κ1) is 25.4. The van der Waals surface area contributed by atoms with Crippen molar-refractivity contribution in [1.29, 1.82) is 0 Å². The molecule has 1 N–H and O–H groups in total. The van der Waals surface area contributed by atoms with Crippen LogP contribution in [0.15, 0.2) is 54.6 Å². The molecule has 2 aromatic carbocycles. The highest BCUT2D eigenvalue weighted by Gasteiger charge is 2.30. The van der Waals surface area contributed by atoms with Gasteiger partial charge in [-0.3, -0.25) is 13.9 Å². The van der Waals surface area contributed by atoms with Gasteiger partial charge in [-0.1, -0.05) is 61.9 Å². The number of unbranched alkanes of at least 4 members (excludes halogenated alkanes) is 1. The summed E-state index contributed by atoms with van der Waals surface area (Å²) in [5.74, 6) is -0.704. The molecule has 0 fully saturated rings. The van der Waals surface area contributed by atoms with Crippen LogP contribution < -0.4 is 9.62 Å². The van der Waals surface area contributed by atoms with E-state index in [1.807, 2.05) is 43.3 Å². The Balaban J connectivity index is 2.33. The van der Waals surface area contributed by atoms with E-state index in [-0.39, 0.29) is 19.0 Å². The topological polar surface area (TPSA) is 86.8 Å². The fraction of sp³-hybridized carbons (Fsp3) is 0.417. The van der Waals surface area contributed by atoms with Crippen molar-refractivity contribution in [1.82, 2.24) is 10.2 Å². The number of rotatable bonds is 11. The minimum atomic E-state index is -3.72. The summed E-state index contributed by atoms with van der Waals surface area (Å²) in [7, 11) is -3.72. The molecule has 0 radical (unpaired) electrons. The predicted molar refractivity (Wildman–Crippen MR) is 128 cm³/mol.